The summed E-state index contributed by atoms with van der Waals surface area (Å²) in [6.45, 7) is 0.666. The summed E-state index contributed by atoms with van der Waals surface area (Å²) in [5.74, 6) is -0.230. The highest BCUT2D eigenvalue weighted by Gasteiger charge is 2.44. The van der Waals surface area contributed by atoms with Crippen LogP contribution in [0, 0.1) is 5.92 Å². The predicted octanol–water partition coefficient (Wildman–Crippen LogP) is 3.51. The van der Waals surface area contributed by atoms with Crippen LogP contribution in [0.2, 0.25) is 5.02 Å². The molecule has 0 bridgehead atoms. The Hall–Kier alpha value is -1.11. The third-order valence-electron chi connectivity index (χ3n) is 4.67. The first-order valence-electron chi connectivity index (χ1n) is 8.22. The average molecular weight is 433 g/mol. The number of nitrogens with one attached hydrogen (secondary N) is 1. The molecule has 1 aromatic carbocycles. The third-order valence-corrected chi connectivity index (χ3v) is 5.54. The maximum absolute atomic E-state index is 12.6. The Morgan fingerprint density at radius 1 is 1.32 bits per heavy atom. The maximum atomic E-state index is 12.6. The molecule has 0 aliphatic heterocycles. The van der Waals surface area contributed by atoms with Crippen LogP contribution in [0.25, 0.3) is 0 Å². The van der Waals surface area contributed by atoms with Crippen molar-refractivity contribution in [1.29, 1.82) is 0 Å². The topological polar surface area (TPSA) is 64.6 Å². The van der Waals surface area contributed by atoms with Crippen LogP contribution in [0.3, 0.4) is 0 Å². The van der Waals surface area contributed by atoms with Crippen LogP contribution in [0.5, 0.6) is 0 Å². The normalized spacial score (nSPS) is 23.1. The number of ether oxygens (including phenoxy) is 2. The summed E-state index contributed by atoms with van der Waals surface area (Å²) in [4.78, 5) is 24.9. The number of carbonyl (C=O) groups is 2. The van der Waals surface area contributed by atoms with Crippen molar-refractivity contribution >= 4 is 39.4 Å². The third kappa shape index (κ3) is 5.19. The fourth-order valence-corrected chi connectivity index (χ4v) is 3.90. The average Bonchev–Trinajstić information content (AvgIpc) is 2.59. The molecule has 1 saturated carbocycles. The van der Waals surface area contributed by atoms with Gasteiger partial charge in [-0.2, -0.15) is 0 Å². The molecule has 1 aliphatic carbocycles. The molecule has 7 heteroatoms. The number of benzene rings is 1. The number of hydrogen-bond donors (Lipinski definition) is 1. The van der Waals surface area contributed by atoms with Gasteiger partial charge in [-0.15, -0.1) is 0 Å². The smallest absolute Gasteiger partial charge is 0.331 e. The number of esters is 1. The van der Waals surface area contributed by atoms with Gasteiger partial charge in [-0.1, -0.05) is 27.5 Å². The molecule has 0 radical (unpaired) electrons. The summed E-state index contributed by atoms with van der Waals surface area (Å²) >= 11 is 9.53. The lowest BCUT2D eigenvalue weighted by Gasteiger charge is -2.38. The first-order valence-corrected chi connectivity index (χ1v) is 9.39. The molecule has 1 amide bonds. The van der Waals surface area contributed by atoms with E-state index in [0.717, 1.165) is 17.3 Å². The number of rotatable bonds is 6. The van der Waals surface area contributed by atoms with E-state index in [0.29, 0.717) is 36.0 Å². The van der Waals surface area contributed by atoms with Crippen molar-refractivity contribution in [1.82, 2.24) is 5.32 Å². The molecular formula is C18H23BrClNO4. The lowest BCUT2D eigenvalue weighted by molar-refractivity contribution is -0.153. The quantitative estimate of drug-likeness (QED) is 0.699. The van der Waals surface area contributed by atoms with E-state index in [-0.39, 0.29) is 12.3 Å². The highest BCUT2D eigenvalue weighted by molar-refractivity contribution is 9.10. The standard InChI is InChI=1S/C18H23BrClNO4/c1-24-11-12-5-7-18(8-6-12,17(23)25-2)21-16(22)10-13-9-14(19)3-4-15(13)20/h3-4,9,12H,5-8,10-11H2,1-2H3,(H,21,22)/t12-,18+. The summed E-state index contributed by atoms with van der Waals surface area (Å²) in [6, 6.07) is 5.36. The second-order valence-corrected chi connectivity index (χ2v) is 7.76. The van der Waals surface area contributed by atoms with E-state index in [9.17, 15) is 9.59 Å². The largest absolute Gasteiger partial charge is 0.467 e. The van der Waals surface area contributed by atoms with Gasteiger partial charge in [0.1, 0.15) is 5.54 Å². The van der Waals surface area contributed by atoms with E-state index < -0.39 is 11.5 Å². The van der Waals surface area contributed by atoms with Crippen molar-refractivity contribution in [2.75, 3.05) is 20.8 Å². The SMILES string of the molecule is COC[C@H]1CC[C@](NC(=O)Cc2cc(Br)ccc2Cl)(C(=O)OC)CC1. The summed E-state index contributed by atoms with van der Waals surface area (Å²) in [6.07, 6.45) is 2.82. The van der Waals surface area contributed by atoms with Crippen molar-refractivity contribution in [3.8, 4) is 0 Å². The van der Waals surface area contributed by atoms with Crippen LogP contribution < -0.4 is 5.32 Å². The molecule has 1 fully saturated rings. The molecule has 138 valence electrons. The Labute approximate surface area is 161 Å². The van der Waals surface area contributed by atoms with E-state index >= 15 is 0 Å². The van der Waals surface area contributed by atoms with Crippen LogP contribution in [0.1, 0.15) is 31.2 Å². The number of halogens is 2. The van der Waals surface area contributed by atoms with E-state index in [2.05, 4.69) is 21.2 Å². The lowest BCUT2D eigenvalue weighted by atomic mass is 9.76. The molecule has 0 aromatic heterocycles. The van der Waals surface area contributed by atoms with Gasteiger partial charge in [-0.05, 0) is 55.4 Å². The summed E-state index contributed by atoms with van der Waals surface area (Å²) in [5.41, 5.74) is -0.254. The highest BCUT2D eigenvalue weighted by atomic mass is 79.9. The molecule has 0 heterocycles. The molecule has 5 nitrogen and oxygen atoms in total. The molecule has 25 heavy (non-hydrogen) atoms. The predicted molar refractivity (Wildman–Crippen MR) is 99.6 cm³/mol. The zero-order valence-corrected chi connectivity index (χ0v) is 16.8. The Bertz CT molecular complexity index is 630. The monoisotopic (exact) mass is 431 g/mol. The zero-order valence-electron chi connectivity index (χ0n) is 14.4. The van der Waals surface area contributed by atoms with Crippen molar-refractivity contribution in [3.63, 3.8) is 0 Å². The molecule has 0 atom stereocenters. The molecule has 1 aliphatic rings. The van der Waals surface area contributed by atoms with Crippen LogP contribution in [-0.4, -0.2) is 38.2 Å². The van der Waals surface area contributed by atoms with Crippen LogP contribution in [0.15, 0.2) is 22.7 Å². The van der Waals surface area contributed by atoms with E-state index in [4.69, 9.17) is 21.1 Å². The van der Waals surface area contributed by atoms with Gasteiger partial charge in [0.15, 0.2) is 0 Å². The minimum Gasteiger partial charge on any atom is -0.467 e. The van der Waals surface area contributed by atoms with Gasteiger partial charge in [0.25, 0.3) is 0 Å². The van der Waals surface area contributed by atoms with Gasteiger partial charge in [-0.3, -0.25) is 4.79 Å². The van der Waals surface area contributed by atoms with Gasteiger partial charge in [0, 0.05) is 23.2 Å². The Kier molecular flexibility index (Phi) is 7.28. The van der Waals surface area contributed by atoms with Gasteiger partial charge >= 0.3 is 5.97 Å². The van der Waals surface area contributed by atoms with Gasteiger partial charge in [-0.25, -0.2) is 4.79 Å². The van der Waals surface area contributed by atoms with Crippen molar-refractivity contribution in [2.45, 2.75) is 37.6 Å². The fraction of sp³-hybridized carbons (Fsp3) is 0.556. The van der Waals surface area contributed by atoms with E-state index in [1.165, 1.54) is 7.11 Å². The van der Waals surface area contributed by atoms with Crippen LogP contribution in [0.4, 0.5) is 0 Å². The number of carbonyl (C=O) groups excluding carboxylic acids is 2. The molecule has 0 saturated heterocycles. The molecular weight excluding hydrogens is 410 g/mol. The Morgan fingerprint density at radius 3 is 2.60 bits per heavy atom. The first-order chi connectivity index (χ1) is 11.9. The molecule has 1 aromatic rings. The Balaban J connectivity index is 2.08. The lowest BCUT2D eigenvalue weighted by Crippen LogP contribution is -2.57. The fourth-order valence-electron chi connectivity index (χ4n) is 3.31. The van der Waals surface area contributed by atoms with Gasteiger partial charge in [0.05, 0.1) is 13.5 Å². The van der Waals surface area contributed by atoms with Gasteiger partial charge in [0.2, 0.25) is 5.91 Å². The van der Waals surface area contributed by atoms with Crippen molar-refractivity contribution in [3.05, 3.63) is 33.3 Å². The van der Waals surface area contributed by atoms with Crippen LogP contribution in [-0.2, 0) is 25.5 Å². The first kappa shape index (κ1) is 20.2. The molecule has 2 rings (SSSR count). The van der Waals surface area contributed by atoms with Crippen molar-refractivity contribution in [2.24, 2.45) is 5.92 Å². The van der Waals surface area contributed by atoms with Crippen molar-refractivity contribution < 1.29 is 19.1 Å². The minimum absolute atomic E-state index is 0.110. The molecule has 1 N–H and O–H groups in total. The van der Waals surface area contributed by atoms with Gasteiger partial charge < -0.3 is 14.8 Å². The molecule has 0 spiro atoms. The van der Waals surface area contributed by atoms with E-state index in [1.54, 1.807) is 13.2 Å². The maximum Gasteiger partial charge on any atom is 0.331 e. The summed E-state index contributed by atoms with van der Waals surface area (Å²) in [7, 11) is 3.02. The second-order valence-electron chi connectivity index (χ2n) is 6.43. The van der Waals surface area contributed by atoms with E-state index in [1.807, 2.05) is 12.1 Å². The van der Waals surface area contributed by atoms with Crippen LogP contribution >= 0.6 is 27.5 Å². The Morgan fingerprint density at radius 2 is 2.00 bits per heavy atom. The number of hydrogen-bond acceptors (Lipinski definition) is 4. The minimum atomic E-state index is -0.964. The zero-order chi connectivity index (χ0) is 18.4. The highest BCUT2D eigenvalue weighted by Crippen LogP contribution is 2.33. The summed E-state index contributed by atoms with van der Waals surface area (Å²) in [5, 5.41) is 3.44. The molecule has 0 unspecified atom stereocenters. The summed E-state index contributed by atoms with van der Waals surface area (Å²) < 4.78 is 11.0. The number of methoxy groups -OCH3 is 2. The number of amides is 1. The second kappa shape index (κ2) is 9.01.